The van der Waals surface area contributed by atoms with Crippen molar-refractivity contribution in [2.45, 2.75) is 50.1 Å². The van der Waals surface area contributed by atoms with Crippen molar-refractivity contribution in [2.75, 3.05) is 13.3 Å². The minimum absolute atomic E-state index is 0.198. The Hall–Kier alpha value is -2.85. The highest BCUT2D eigenvalue weighted by Crippen LogP contribution is 2.38. The van der Waals surface area contributed by atoms with Gasteiger partial charge in [-0.05, 0) is 38.0 Å². The minimum Gasteiger partial charge on any atom is -0.454 e. The van der Waals surface area contributed by atoms with E-state index in [2.05, 4.69) is 10.3 Å². The first-order valence-electron chi connectivity index (χ1n) is 10.5. The maximum atomic E-state index is 13.4. The van der Waals surface area contributed by atoms with Crippen LogP contribution in [-0.2, 0) is 16.6 Å². The molecule has 1 saturated heterocycles. The predicted molar refractivity (Wildman–Crippen MR) is 111 cm³/mol. The van der Waals surface area contributed by atoms with E-state index in [9.17, 15) is 8.42 Å². The first-order valence-corrected chi connectivity index (χ1v) is 11.9. The molecule has 31 heavy (non-hydrogen) atoms. The van der Waals surface area contributed by atoms with Gasteiger partial charge >= 0.3 is 0 Å². The van der Waals surface area contributed by atoms with Crippen LogP contribution in [0, 0.1) is 0 Å². The summed E-state index contributed by atoms with van der Waals surface area (Å²) in [4.78, 5) is 0.209. The van der Waals surface area contributed by atoms with Crippen LogP contribution in [0.15, 0.2) is 46.1 Å². The van der Waals surface area contributed by atoms with E-state index in [4.69, 9.17) is 14.0 Å². The highest BCUT2D eigenvalue weighted by molar-refractivity contribution is 7.89. The largest absolute Gasteiger partial charge is 0.454 e. The van der Waals surface area contributed by atoms with Gasteiger partial charge in [0.05, 0.1) is 12.2 Å². The monoisotopic (exact) mass is 444 g/mol. The summed E-state index contributed by atoms with van der Waals surface area (Å²) in [5, 5.41) is 8.40. The van der Waals surface area contributed by atoms with Crippen LogP contribution in [0.1, 0.15) is 44.3 Å². The van der Waals surface area contributed by atoms with Crippen molar-refractivity contribution in [3.8, 4) is 22.8 Å². The standard InChI is InChI=1S/C21H24N4O5S/c1-2-24-13-16(12-22-24)31(26,27)25-9-5-3-4-6-18(25)17-11-20(30-23-17)15-7-8-19-21(10-15)29-14-28-19/h7-8,10-13,18H,2-6,9,14H2,1H3/t18-/m1/s1. The van der Waals surface area contributed by atoms with Gasteiger partial charge < -0.3 is 14.0 Å². The SMILES string of the molecule is CCn1cc(S(=O)(=O)N2CCCCC[C@@H]2c2cc(-c3ccc4c(c3)OCO4)on2)cn1. The molecule has 2 aromatic heterocycles. The zero-order valence-electron chi connectivity index (χ0n) is 17.2. The summed E-state index contributed by atoms with van der Waals surface area (Å²) in [6.45, 7) is 3.17. The number of sulfonamides is 1. The van der Waals surface area contributed by atoms with Gasteiger partial charge in [-0.25, -0.2) is 8.42 Å². The first kappa shape index (κ1) is 20.1. The fraction of sp³-hybridized carbons (Fsp3) is 0.429. The smallest absolute Gasteiger partial charge is 0.246 e. The van der Waals surface area contributed by atoms with Crippen molar-refractivity contribution in [1.82, 2.24) is 19.2 Å². The van der Waals surface area contributed by atoms with Crippen molar-refractivity contribution in [1.29, 1.82) is 0 Å². The molecule has 164 valence electrons. The lowest BCUT2D eigenvalue weighted by Crippen LogP contribution is -2.34. The molecule has 1 aromatic carbocycles. The molecule has 5 rings (SSSR count). The molecular formula is C21H24N4O5S. The third kappa shape index (κ3) is 3.70. The molecule has 10 heteroatoms. The second-order valence-electron chi connectivity index (χ2n) is 7.70. The van der Waals surface area contributed by atoms with E-state index in [0.29, 0.717) is 42.5 Å². The summed E-state index contributed by atoms with van der Waals surface area (Å²) in [6.07, 6.45) is 6.40. The van der Waals surface area contributed by atoms with Crippen molar-refractivity contribution in [2.24, 2.45) is 0 Å². The normalized spacial score (nSPS) is 19.5. The van der Waals surface area contributed by atoms with Gasteiger partial charge in [0.2, 0.25) is 16.8 Å². The first-order chi connectivity index (χ1) is 15.1. The van der Waals surface area contributed by atoms with Crippen LogP contribution in [0.3, 0.4) is 0 Å². The third-order valence-corrected chi connectivity index (χ3v) is 7.63. The summed E-state index contributed by atoms with van der Waals surface area (Å²) in [6, 6.07) is 6.98. The molecule has 0 saturated carbocycles. The van der Waals surface area contributed by atoms with Crippen molar-refractivity contribution in [3.05, 3.63) is 42.4 Å². The molecule has 4 heterocycles. The van der Waals surface area contributed by atoms with E-state index in [1.54, 1.807) is 15.2 Å². The Labute approximate surface area is 180 Å². The average molecular weight is 445 g/mol. The third-order valence-electron chi connectivity index (χ3n) is 5.77. The molecule has 0 radical (unpaired) electrons. The molecule has 1 fully saturated rings. The maximum Gasteiger partial charge on any atom is 0.246 e. The summed E-state index contributed by atoms with van der Waals surface area (Å²) in [7, 11) is -3.70. The van der Waals surface area contributed by atoms with E-state index in [1.807, 2.05) is 31.2 Å². The van der Waals surface area contributed by atoms with Gasteiger partial charge in [-0.15, -0.1) is 0 Å². The molecule has 0 N–H and O–H groups in total. The van der Waals surface area contributed by atoms with E-state index in [0.717, 1.165) is 24.8 Å². The van der Waals surface area contributed by atoms with Gasteiger partial charge in [-0.1, -0.05) is 18.0 Å². The van der Waals surface area contributed by atoms with Gasteiger partial charge in [-0.3, -0.25) is 4.68 Å². The van der Waals surface area contributed by atoms with E-state index in [1.165, 1.54) is 6.20 Å². The lowest BCUT2D eigenvalue weighted by atomic mass is 10.1. The number of nitrogens with zero attached hydrogens (tertiary/aromatic N) is 4. The highest BCUT2D eigenvalue weighted by Gasteiger charge is 2.36. The Morgan fingerprint density at radius 3 is 2.84 bits per heavy atom. The van der Waals surface area contributed by atoms with Crippen LogP contribution < -0.4 is 9.47 Å². The Morgan fingerprint density at radius 2 is 2.00 bits per heavy atom. The highest BCUT2D eigenvalue weighted by atomic mass is 32.2. The zero-order chi connectivity index (χ0) is 21.4. The number of fused-ring (bicyclic) bond motifs is 1. The van der Waals surface area contributed by atoms with Crippen LogP contribution >= 0.6 is 0 Å². The number of hydrogen-bond acceptors (Lipinski definition) is 7. The Balaban J connectivity index is 1.47. The van der Waals surface area contributed by atoms with Gasteiger partial charge in [0.15, 0.2) is 17.3 Å². The Morgan fingerprint density at radius 1 is 1.13 bits per heavy atom. The second-order valence-corrected chi connectivity index (χ2v) is 9.59. The van der Waals surface area contributed by atoms with Crippen molar-refractivity contribution in [3.63, 3.8) is 0 Å². The molecular weight excluding hydrogens is 420 g/mol. The van der Waals surface area contributed by atoms with Crippen LogP contribution in [0.25, 0.3) is 11.3 Å². The Kier molecular flexibility index (Phi) is 5.19. The van der Waals surface area contributed by atoms with Crippen LogP contribution in [0.5, 0.6) is 11.5 Å². The molecule has 1 atom stereocenters. The minimum atomic E-state index is -3.70. The van der Waals surface area contributed by atoms with Gasteiger partial charge in [0.1, 0.15) is 10.6 Å². The zero-order valence-corrected chi connectivity index (χ0v) is 18.0. The van der Waals surface area contributed by atoms with Crippen LogP contribution in [0.4, 0.5) is 0 Å². The van der Waals surface area contributed by atoms with Crippen LogP contribution in [-0.4, -0.2) is 41.0 Å². The molecule has 3 aromatic rings. The topological polar surface area (TPSA) is 99.7 Å². The van der Waals surface area contributed by atoms with E-state index >= 15 is 0 Å². The lowest BCUT2D eigenvalue weighted by molar-refractivity contribution is 0.174. The quantitative estimate of drug-likeness (QED) is 0.593. The molecule has 0 bridgehead atoms. The molecule has 0 spiro atoms. The molecule has 2 aliphatic heterocycles. The summed E-state index contributed by atoms with van der Waals surface area (Å²) >= 11 is 0. The average Bonchev–Trinajstić information content (AvgIpc) is 3.51. The maximum absolute atomic E-state index is 13.4. The number of ether oxygens (including phenoxy) is 2. The van der Waals surface area contributed by atoms with Gasteiger partial charge in [0, 0.05) is 30.9 Å². The predicted octanol–water partition coefficient (Wildman–Crippen LogP) is 3.59. The number of aryl methyl sites for hydroxylation is 1. The molecule has 0 aliphatic carbocycles. The van der Waals surface area contributed by atoms with Crippen molar-refractivity contribution >= 4 is 10.0 Å². The van der Waals surface area contributed by atoms with E-state index < -0.39 is 10.0 Å². The fourth-order valence-corrected chi connectivity index (χ4v) is 5.71. The summed E-state index contributed by atoms with van der Waals surface area (Å²) in [5.74, 6) is 1.91. The fourth-order valence-electron chi connectivity index (χ4n) is 4.08. The molecule has 0 amide bonds. The second kappa shape index (κ2) is 8.01. The number of hydrogen-bond donors (Lipinski definition) is 0. The molecule has 9 nitrogen and oxygen atoms in total. The Bertz CT molecular complexity index is 1190. The van der Waals surface area contributed by atoms with Gasteiger partial charge in [0.25, 0.3) is 0 Å². The lowest BCUT2D eigenvalue weighted by Gasteiger charge is -2.27. The molecule has 0 unspecified atom stereocenters. The summed E-state index contributed by atoms with van der Waals surface area (Å²) < 4.78 is 46.5. The summed E-state index contributed by atoms with van der Waals surface area (Å²) in [5.41, 5.74) is 1.41. The van der Waals surface area contributed by atoms with Gasteiger partial charge in [-0.2, -0.15) is 9.40 Å². The van der Waals surface area contributed by atoms with Crippen LogP contribution in [0.2, 0.25) is 0 Å². The van der Waals surface area contributed by atoms with E-state index in [-0.39, 0.29) is 17.7 Å². The number of benzene rings is 1. The number of rotatable bonds is 5. The molecule has 2 aliphatic rings. The van der Waals surface area contributed by atoms with Crippen molar-refractivity contribution < 1.29 is 22.4 Å². The number of aromatic nitrogens is 3.